The fourth-order valence-electron chi connectivity index (χ4n) is 4.27. The summed E-state index contributed by atoms with van der Waals surface area (Å²) < 4.78 is 26.1. The lowest BCUT2D eigenvalue weighted by Crippen LogP contribution is -2.47. The molecule has 0 bridgehead atoms. The standard InChI is InChI=1S/C21H31F2N3O/c22-11-9-21(27)24-18-7-5-17(6-8-18)10-12-25-13-15-26(16-14-25)20-4-2-1-3-19(20)23/h1-4,17-18H,5-16H2,(H,24,27). The van der Waals surface area contributed by atoms with Crippen LogP contribution in [0.25, 0.3) is 0 Å². The highest BCUT2D eigenvalue weighted by Gasteiger charge is 2.24. The summed E-state index contributed by atoms with van der Waals surface area (Å²) in [5.74, 6) is 0.416. The zero-order valence-corrected chi connectivity index (χ0v) is 16.0. The maximum Gasteiger partial charge on any atom is 0.222 e. The Kier molecular flexibility index (Phi) is 7.44. The number of rotatable bonds is 7. The van der Waals surface area contributed by atoms with Crippen molar-refractivity contribution in [1.29, 1.82) is 0 Å². The predicted octanol–water partition coefficient (Wildman–Crippen LogP) is 3.37. The summed E-state index contributed by atoms with van der Waals surface area (Å²) in [4.78, 5) is 16.1. The van der Waals surface area contributed by atoms with Crippen molar-refractivity contribution in [2.75, 3.05) is 44.3 Å². The SMILES string of the molecule is O=C(CCF)NC1CCC(CCN2CCN(c3ccccc3F)CC2)CC1. The van der Waals surface area contributed by atoms with Crippen molar-refractivity contribution in [3.05, 3.63) is 30.1 Å². The van der Waals surface area contributed by atoms with E-state index in [9.17, 15) is 13.6 Å². The van der Waals surface area contributed by atoms with Crippen LogP contribution in [0.4, 0.5) is 14.5 Å². The Morgan fingerprint density at radius 2 is 1.78 bits per heavy atom. The van der Waals surface area contributed by atoms with Crippen molar-refractivity contribution in [3.63, 3.8) is 0 Å². The number of nitrogens with one attached hydrogen (secondary N) is 1. The lowest BCUT2D eigenvalue weighted by atomic mass is 9.84. The third-order valence-corrected chi connectivity index (χ3v) is 5.95. The first-order chi connectivity index (χ1) is 13.2. The third kappa shape index (κ3) is 5.89. The van der Waals surface area contributed by atoms with Crippen LogP contribution in [0.5, 0.6) is 0 Å². The highest BCUT2D eigenvalue weighted by atomic mass is 19.1. The summed E-state index contributed by atoms with van der Waals surface area (Å²) in [6.45, 7) is 4.20. The second-order valence-corrected chi connectivity index (χ2v) is 7.79. The van der Waals surface area contributed by atoms with Crippen LogP contribution in [0.1, 0.15) is 38.5 Å². The van der Waals surface area contributed by atoms with Gasteiger partial charge in [0.25, 0.3) is 0 Å². The Bertz CT molecular complexity index is 597. The molecule has 0 unspecified atom stereocenters. The zero-order valence-electron chi connectivity index (χ0n) is 16.0. The van der Waals surface area contributed by atoms with Gasteiger partial charge in [0.1, 0.15) is 5.82 Å². The topological polar surface area (TPSA) is 35.6 Å². The molecule has 4 nitrogen and oxygen atoms in total. The van der Waals surface area contributed by atoms with E-state index in [-0.39, 0.29) is 24.2 Å². The minimum atomic E-state index is -0.578. The van der Waals surface area contributed by atoms with Gasteiger partial charge in [-0.2, -0.15) is 0 Å². The number of carbonyl (C=O) groups excluding carboxylic acids is 1. The molecule has 1 saturated carbocycles. The molecule has 27 heavy (non-hydrogen) atoms. The number of para-hydroxylation sites is 1. The fourth-order valence-corrected chi connectivity index (χ4v) is 4.27. The van der Waals surface area contributed by atoms with Gasteiger partial charge >= 0.3 is 0 Å². The van der Waals surface area contributed by atoms with Gasteiger partial charge in [0, 0.05) is 32.2 Å². The van der Waals surface area contributed by atoms with Crippen LogP contribution in [-0.4, -0.2) is 56.2 Å². The largest absolute Gasteiger partial charge is 0.367 e. The van der Waals surface area contributed by atoms with Crippen LogP contribution >= 0.6 is 0 Å². The monoisotopic (exact) mass is 379 g/mol. The number of halogens is 2. The van der Waals surface area contributed by atoms with E-state index in [2.05, 4.69) is 15.1 Å². The number of carbonyl (C=O) groups is 1. The van der Waals surface area contributed by atoms with Gasteiger partial charge in [0.15, 0.2) is 0 Å². The number of anilines is 1. The van der Waals surface area contributed by atoms with Gasteiger partial charge in [-0.25, -0.2) is 4.39 Å². The van der Waals surface area contributed by atoms with Crippen LogP contribution in [0, 0.1) is 11.7 Å². The van der Waals surface area contributed by atoms with Gasteiger partial charge in [-0.15, -0.1) is 0 Å². The van der Waals surface area contributed by atoms with Crippen LogP contribution in [0.3, 0.4) is 0 Å². The molecule has 1 aliphatic heterocycles. The lowest BCUT2D eigenvalue weighted by Gasteiger charge is -2.37. The normalized spacial score (nSPS) is 24.0. The number of piperazine rings is 1. The number of hydrogen-bond acceptors (Lipinski definition) is 3. The molecule has 1 aromatic rings. The number of alkyl halides is 1. The van der Waals surface area contributed by atoms with E-state index < -0.39 is 6.67 Å². The first kappa shape index (κ1) is 20.1. The van der Waals surface area contributed by atoms with Crippen LogP contribution in [0.15, 0.2) is 24.3 Å². The van der Waals surface area contributed by atoms with Gasteiger partial charge in [0.05, 0.1) is 18.8 Å². The Labute approximate surface area is 160 Å². The molecule has 1 heterocycles. The number of nitrogens with zero attached hydrogens (tertiary/aromatic N) is 2. The van der Waals surface area contributed by atoms with E-state index in [1.807, 2.05) is 12.1 Å². The summed E-state index contributed by atoms with van der Waals surface area (Å²) in [6, 6.07) is 7.23. The number of amides is 1. The van der Waals surface area contributed by atoms with E-state index in [1.54, 1.807) is 6.07 Å². The van der Waals surface area contributed by atoms with Gasteiger partial charge in [-0.1, -0.05) is 12.1 Å². The summed E-state index contributed by atoms with van der Waals surface area (Å²) in [5.41, 5.74) is 0.713. The maximum atomic E-state index is 13.9. The highest BCUT2D eigenvalue weighted by molar-refractivity contribution is 5.76. The number of hydrogen-bond donors (Lipinski definition) is 1. The van der Waals surface area contributed by atoms with Gasteiger partial charge in [-0.3, -0.25) is 14.1 Å². The Morgan fingerprint density at radius 1 is 1.07 bits per heavy atom. The van der Waals surface area contributed by atoms with Crippen molar-refractivity contribution >= 4 is 11.6 Å². The quantitative estimate of drug-likeness (QED) is 0.789. The minimum Gasteiger partial charge on any atom is -0.367 e. The molecule has 3 rings (SSSR count). The molecular formula is C21H31F2N3O. The molecule has 1 aliphatic carbocycles. The molecule has 0 radical (unpaired) electrons. The van der Waals surface area contributed by atoms with Crippen LogP contribution in [0.2, 0.25) is 0 Å². The van der Waals surface area contributed by atoms with Crippen molar-refractivity contribution in [1.82, 2.24) is 10.2 Å². The summed E-state index contributed by atoms with van der Waals surface area (Å²) in [6.07, 6.45) is 5.45. The average molecular weight is 379 g/mol. The molecule has 0 aromatic heterocycles. The molecular weight excluding hydrogens is 348 g/mol. The van der Waals surface area contributed by atoms with Gasteiger partial charge in [0.2, 0.25) is 5.91 Å². The van der Waals surface area contributed by atoms with Gasteiger partial charge < -0.3 is 10.2 Å². The molecule has 0 atom stereocenters. The van der Waals surface area contributed by atoms with E-state index in [1.165, 1.54) is 12.5 Å². The van der Waals surface area contributed by atoms with E-state index in [0.717, 1.165) is 58.4 Å². The van der Waals surface area contributed by atoms with Crippen LogP contribution in [-0.2, 0) is 4.79 Å². The van der Waals surface area contributed by atoms with Crippen molar-refractivity contribution in [2.24, 2.45) is 5.92 Å². The predicted molar refractivity (Wildman–Crippen MR) is 104 cm³/mol. The summed E-state index contributed by atoms with van der Waals surface area (Å²) >= 11 is 0. The highest BCUT2D eigenvalue weighted by Crippen LogP contribution is 2.27. The van der Waals surface area contributed by atoms with Crippen molar-refractivity contribution < 1.29 is 13.6 Å². The zero-order chi connectivity index (χ0) is 19.1. The van der Waals surface area contributed by atoms with E-state index in [4.69, 9.17) is 0 Å². The molecule has 1 saturated heterocycles. The summed E-state index contributed by atoms with van der Waals surface area (Å²) in [5, 5.41) is 2.95. The molecule has 1 amide bonds. The second-order valence-electron chi connectivity index (χ2n) is 7.79. The van der Waals surface area contributed by atoms with Gasteiger partial charge in [-0.05, 0) is 56.7 Å². The van der Waals surface area contributed by atoms with E-state index >= 15 is 0 Å². The first-order valence-electron chi connectivity index (χ1n) is 10.2. The van der Waals surface area contributed by atoms with Crippen molar-refractivity contribution in [2.45, 2.75) is 44.6 Å². The number of benzene rings is 1. The smallest absolute Gasteiger partial charge is 0.222 e. The molecule has 0 spiro atoms. The maximum absolute atomic E-state index is 13.9. The molecule has 2 aliphatic rings. The summed E-state index contributed by atoms with van der Waals surface area (Å²) in [7, 11) is 0. The van der Waals surface area contributed by atoms with Crippen LogP contribution < -0.4 is 10.2 Å². The second kappa shape index (κ2) is 10.0. The molecule has 6 heteroatoms. The Morgan fingerprint density at radius 3 is 2.44 bits per heavy atom. The Balaban J connectivity index is 1.33. The van der Waals surface area contributed by atoms with E-state index in [0.29, 0.717) is 11.6 Å². The minimum absolute atomic E-state index is 0.0151. The molecule has 1 aromatic carbocycles. The first-order valence-corrected chi connectivity index (χ1v) is 10.2. The average Bonchev–Trinajstić information content (AvgIpc) is 2.68. The van der Waals surface area contributed by atoms with Crippen molar-refractivity contribution in [3.8, 4) is 0 Å². The molecule has 2 fully saturated rings. The Hall–Kier alpha value is -1.69. The molecule has 150 valence electrons. The third-order valence-electron chi connectivity index (χ3n) is 5.95. The molecule has 1 N–H and O–H groups in total. The lowest BCUT2D eigenvalue weighted by molar-refractivity contribution is -0.122. The fraction of sp³-hybridized carbons (Fsp3) is 0.667.